The summed E-state index contributed by atoms with van der Waals surface area (Å²) in [5.74, 6) is 0.599. The lowest BCUT2D eigenvalue weighted by Gasteiger charge is -2.36. The first kappa shape index (κ1) is 21.7. The van der Waals surface area contributed by atoms with Gasteiger partial charge >= 0.3 is 6.18 Å². The van der Waals surface area contributed by atoms with Crippen LogP contribution in [0.15, 0.2) is 64.8 Å². The van der Waals surface area contributed by atoms with Gasteiger partial charge in [0.05, 0.1) is 17.5 Å². The van der Waals surface area contributed by atoms with Crippen molar-refractivity contribution in [1.82, 2.24) is 14.9 Å². The maximum Gasteiger partial charge on any atom is 0.416 e. The second kappa shape index (κ2) is 8.64. The molecule has 2 aromatic carbocycles. The molecular weight excluding hydrogens is 449 g/mol. The lowest BCUT2D eigenvalue weighted by atomic mass is 10.1. The van der Waals surface area contributed by atoms with Crippen molar-refractivity contribution in [3.63, 3.8) is 0 Å². The highest BCUT2D eigenvalue weighted by atomic mass is 32.1. The van der Waals surface area contributed by atoms with Crippen LogP contribution in [-0.2, 0) is 12.7 Å². The summed E-state index contributed by atoms with van der Waals surface area (Å²) < 4.78 is 39.1. The topological polar surface area (TPSA) is 52.2 Å². The number of H-pyrrole nitrogens is 1. The monoisotopic (exact) mass is 470 g/mol. The second-order valence-electron chi connectivity index (χ2n) is 8.02. The fraction of sp³-hybridized carbons (Fsp3) is 0.250. The van der Waals surface area contributed by atoms with E-state index >= 15 is 0 Å². The lowest BCUT2D eigenvalue weighted by molar-refractivity contribution is -0.137. The van der Waals surface area contributed by atoms with Crippen LogP contribution in [-0.4, -0.2) is 41.0 Å². The average Bonchev–Trinajstić information content (AvgIpc) is 3.24. The number of anilines is 1. The van der Waals surface area contributed by atoms with Crippen LogP contribution in [0, 0.1) is 0 Å². The number of aromatic nitrogens is 2. The summed E-state index contributed by atoms with van der Waals surface area (Å²) in [5.41, 5.74) is 1.64. The molecule has 0 radical (unpaired) electrons. The van der Waals surface area contributed by atoms with Gasteiger partial charge in [0.15, 0.2) is 0 Å². The van der Waals surface area contributed by atoms with Crippen molar-refractivity contribution in [2.24, 2.45) is 0 Å². The first-order chi connectivity index (χ1) is 15.9. The van der Waals surface area contributed by atoms with E-state index in [2.05, 4.69) is 14.9 Å². The zero-order valence-electron chi connectivity index (χ0n) is 17.6. The maximum atomic E-state index is 13.0. The Labute approximate surface area is 192 Å². The summed E-state index contributed by atoms with van der Waals surface area (Å²) in [4.78, 5) is 25.2. The molecule has 0 saturated carbocycles. The number of thiophene rings is 1. The fourth-order valence-electron chi connectivity index (χ4n) is 4.15. The van der Waals surface area contributed by atoms with Gasteiger partial charge in [0.1, 0.15) is 10.7 Å². The highest BCUT2D eigenvalue weighted by Gasteiger charge is 2.31. The molecule has 4 aromatic rings. The molecule has 170 valence electrons. The number of benzene rings is 2. The Balaban J connectivity index is 1.29. The van der Waals surface area contributed by atoms with Gasteiger partial charge in [-0.3, -0.25) is 9.69 Å². The molecule has 9 heteroatoms. The first-order valence-electron chi connectivity index (χ1n) is 10.6. The van der Waals surface area contributed by atoms with E-state index in [-0.39, 0.29) is 5.56 Å². The number of halogens is 3. The summed E-state index contributed by atoms with van der Waals surface area (Å²) in [6.07, 6.45) is -4.35. The van der Waals surface area contributed by atoms with Gasteiger partial charge in [-0.2, -0.15) is 13.2 Å². The van der Waals surface area contributed by atoms with E-state index in [9.17, 15) is 18.0 Å². The minimum absolute atomic E-state index is 0.155. The van der Waals surface area contributed by atoms with E-state index in [4.69, 9.17) is 0 Å². The molecule has 33 heavy (non-hydrogen) atoms. The van der Waals surface area contributed by atoms with Crippen molar-refractivity contribution in [2.45, 2.75) is 12.7 Å². The fourth-order valence-corrected chi connectivity index (χ4v) is 5.12. The molecular formula is C24H21F3N4OS. The second-order valence-corrected chi connectivity index (χ2v) is 8.88. The average molecular weight is 471 g/mol. The number of hydrogen-bond donors (Lipinski definition) is 1. The number of rotatable bonds is 4. The zero-order chi connectivity index (χ0) is 23.0. The van der Waals surface area contributed by atoms with Gasteiger partial charge in [-0.15, -0.1) is 11.3 Å². The van der Waals surface area contributed by atoms with Crippen LogP contribution >= 0.6 is 11.3 Å². The highest BCUT2D eigenvalue weighted by Crippen LogP contribution is 2.32. The van der Waals surface area contributed by atoms with Crippen LogP contribution in [0.3, 0.4) is 0 Å². The smallest absolute Gasteiger partial charge is 0.369 e. The third-order valence-electron chi connectivity index (χ3n) is 5.86. The number of piperazine rings is 1. The number of nitrogens with one attached hydrogen (secondary N) is 1. The van der Waals surface area contributed by atoms with Crippen LogP contribution < -0.4 is 10.5 Å². The van der Waals surface area contributed by atoms with Crippen molar-refractivity contribution >= 4 is 27.2 Å². The number of fused-ring (bicyclic) bond motifs is 1. The minimum atomic E-state index is -4.35. The van der Waals surface area contributed by atoms with Crippen molar-refractivity contribution in [2.75, 3.05) is 31.1 Å². The Hall–Kier alpha value is -3.17. The van der Waals surface area contributed by atoms with Crippen LogP contribution in [0.4, 0.5) is 18.9 Å². The summed E-state index contributed by atoms with van der Waals surface area (Å²) in [6, 6.07) is 15.2. The van der Waals surface area contributed by atoms with Crippen LogP contribution in [0.1, 0.15) is 11.4 Å². The van der Waals surface area contributed by atoms with Crippen molar-refractivity contribution in [3.8, 4) is 11.1 Å². The Bertz CT molecular complexity index is 1330. The molecule has 0 spiro atoms. The van der Waals surface area contributed by atoms with Gasteiger partial charge in [0, 0.05) is 42.8 Å². The minimum Gasteiger partial charge on any atom is -0.369 e. The van der Waals surface area contributed by atoms with Gasteiger partial charge in [-0.1, -0.05) is 36.4 Å². The standard InChI is InChI=1S/C24H21F3N4OS/c25-24(26,27)17-7-4-8-18(13-17)31-11-9-30(10-12-31)14-20-28-22(32)21-19(15-33-23(21)29-20)16-5-2-1-3-6-16/h1-8,13,15H,9-12,14H2,(H,28,29,32). The Morgan fingerprint density at radius 1 is 1.00 bits per heavy atom. The van der Waals surface area contributed by atoms with E-state index < -0.39 is 11.7 Å². The van der Waals surface area contributed by atoms with Gasteiger partial charge in [0.25, 0.3) is 5.56 Å². The molecule has 0 bridgehead atoms. The normalized spacial score (nSPS) is 15.3. The summed E-state index contributed by atoms with van der Waals surface area (Å²) in [7, 11) is 0. The van der Waals surface area contributed by atoms with Gasteiger partial charge in [-0.25, -0.2) is 4.98 Å². The van der Waals surface area contributed by atoms with E-state index in [1.807, 2.05) is 40.6 Å². The quantitative estimate of drug-likeness (QED) is 0.457. The Morgan fingerprint density at radius 2 is 1.76 bits per heavy atom. The van der Waals surface area contributed by atoms with Crippen molar-refractivity contribution in [1.29, 1.82) is 0 Å². The molecule has 1 aliphatic heterocycles. The SMILES string of the molecule is O=c1[nH]c(CN2CCN(c3cccc(C(F)(F)F)c3)CC2)nc2scc(-c3ccccc3)c12. The molecule has 1 aliphatic rings. The summed E-state index contributed by atoms with van der Waals surface area (Å²) in [5, 5.41) is 2.56. The van der Waals surface area contributed by atoms with Crippen molar-refractivity contribution in [3.05, 3.63) is 81.7 Å². The Morgan fingerprint density at radius 3 is 2.48 bits per heavy atom. The summed E-state index contributed by atoms with van der Waals surface area (Å²) >= 11 is 1.45. The molecule has 5 nitrogen and oxygen atoms in total. The number of aromatic amines is 1. The molecule has 1 saturated heterocycles. The van der Waals surface area contributed by atoms with E-state index in [0.717, 1.165) is 17.2 Å². The van der Waals surface area contributed by atoms with Gasteiger partial charge in [0.2, 0.25) is 0 Å². The number of hydrogen-bond acceptors (Lipinski definition) is 5. The van der Waals surface area contributed by atoms with Gasteiger partial charge in [-0.05, 0) is 23.8 Å². The van der Waals surface area contributed by atoms with Crippen LogP contribution in [0.25, 0.3) is 21.3 Å². The van der Waals surface area contributed by atoms with Crippen LogP contribution in [0.2, 0.25) is 0 Å². The lowest BCUT2D eigenvalue weighted by Crippen LogP contribution is -2.46. The predicted molar refractivity (Wildman–Crippen MR) is 125 cm³/mol. The molecule has 1 N–H and O–H groups in total. The molecule has 2 aromatic heterocycles. The largest absolute Gasteiger partial charge is 0.416 e. The molecule has 0 aliphatic carbocycles. The third-order valence-corrected chi connectivity index (χ3v) is 6.73. The summed E-state index contributed by atoms with van der Waals surface area (Å²) in [6.45, 7) is 3.02. The van der Waals surface area contributed by atoms with Gasteiger partial charge < -0.3 is 9.88 Å². The predicted octanol–water partition coefficient (Wildman–Crippen LogP) is 4.99. The molecule has 0 atom stereocenters. The van der Waals surface area contributed by atoms with E-state index in [1.165, 1.54) is 23.5 Å². The van der Waals surface area contributed by atoms with Crippen molar-refractivity contribution < 1.29 is 13.2 Å². The molecule has 0 unspecified atom stereocenters. The number of alkyl halides is 3. The highest BCUT2D eigenvalue weighted by molar-refractivity contribution is 7.17. The van der Waals surface area contributed by atoms with E-state index in [0.29, 0.717) is 54.5 Å². The molecule has 5 rings (SSSR count). The van der Waals surface area contributed by atoms with Crippen LogP contribution in [0.5, 0.6) is 0 Å². The first-order valence-corrected chi connectivity index (χ1v) is 11.5. The van der Waals surface area contributed by atoms with E-state index in [1.54, 1.807) is 6.07 Å². The molecule has 3 heterocycles. The molecule has 1 fully saturated rings. The molecule has 0 amide bonds. The maximum absolute atomic E-state index is 13.0. The zero-order valence-corrected chi connectivity index (χ0v) is 18.4. The third kappa shape index (κ3) is 4.51. The number of nitrogens with zero attached hydrogens (tertiary/aromatic N) is 3. The Kier molecular flexibility index (Phi) is 5.67.